The van der Waals surface area contributed by atoms with Gasteiger partial charge in [0.15, 0.2) is 5.78 Å². The second-order valence-corrected chi connectivity index (χ2v) is 4.25. The molecule has 1 aromatic rings. The lowest BCUT2D eigenvalue weighted by Crippen LogP contribution is -2.13. The molecule has 0 heterocycles. The summed E-state index contributed by atoms with van der Waals surface area (Å²) in [5.41, 5.74) is 0.465. The summed E-state index contributed by atoms with van der Waals surface area (Å²) in [6.45, 7) is 3.90. The molecule has 1 atom stereocenters. The number of esters is 1. The maximum atomic E-state index is 12.7. The van der Waals surface area contributed by atoms with E-state index in [0.717, 1.165) is 0 Å². The minimum absolute atomic E-state index is 0.0818. The Bertz CT molecular complexity index is 412. The Morgan fingerprint density at radius 1 is 1.22 bits per heavy atom. The van der Waals surface area contributed by atoms with Gasteiger partial charge in [-0.15, -0.1) is 0 Å². The summed E-state index contributed by atoms with van der Waals surface area (Å²) in [6, 6.07) is 5.41. The number of carbonyl (C=O) groups is 2. The Labute approximate surface area is 106 Å². The molecule has 0 aliphatic heterocycles. The van der Waals surface area contributed by atoms with Gasteiger partial charge in [0.1, 0.15) is 5.82 Å². The highest BCUT2D eigenvalue weighted by atomic mass is 19.1. The second kappa shape index (κ2) is 6.89. The monoisotopic (exact) mass is 252 g/mol. The minimum atomic E-state index is -0.369. The first-order valence-electron chi connectivity index (χ1n) is 5.97. The highest BCUT2D eigenvalue weighted by Crippen LogP contribution is 2.14. The topological polar surface area (TPSA) is 43.4 Å². The highest BCUT2D eigenvalue weighted by molar-refractivity contribution is 5.96. The number of benzene rings is 1. The van der Waals surface area contributed by atoms with E-state index in [1.54, 1.807) is 6.92 Å². The Hall–Kier alpha value is -1.71. The van der Waals surface area contributed by atoms with Crippen molar-refractivity contribution < 1.29 is 18.7 Å². The zero-order chi connectivity index (χ0) is 13.5. The lowest BCUT2D eigenvalue weighted by atomic mass is 9.97. The predicted octanol–water partition coefficient (Wildman–Crippen LogP) is 2.99. The summed E-state index contributed by atoms with van der Waals surface area (Å²) in [5, 5.41) is 0. The van der Waals surface area contributed by atoms with E-state index in [-0.39, 0.29) is 36.3 Å². The van der Waals surface area contributed by atoms with Crippen molar-refractivity contribution in [3.05, 3.63) is 35.6 Å². The van der Waals surface area contributed by atoms with Crippen LogP contribution in [-0.4, -0.2) is 18.4 Å². The van der Waals surface area contributed by atoms with Crippen LogP contribution in [0.1, 0.15) is 37.0 Å². The smallest absolute Gasteiger partial charge is 0.306 e. The SMILES string of the molecule is CCOC(=O)C[C@@H](C)CC(=O)c1ccc(F)cc1. The van der Waals surface area contributed by atoms with Gasteiger partial charge in [0.25, 0.3) is 0 Å². The second-order valence-electron chi connectivity index (χ2n) is 4.25. The van der Waals surface area contributed by atoms with Gasteiger partial charge in [-0.25, -0.2) is 4.39 Å². The highest BCUT2D eigenvalue weighted by Gasteiger charge is 2.15. The summed E-state index contributed by atoms with van der Waals surface area (Å²) >= 11 is 0. The van der Waals surface area contributed by atoms with Gasteiger partial charge < -0.3 is 4.74 Å². The Morgan fingerprint density at radius 3 is 2.39 bits per heavy atom. The zero-order valence-electron chi connectivity index (χ0n) is 10.6. The summed E-state index contributed by atoms with van der Waals surface area (Å²) in [6.07, 6.45) is 0.477. The van der Waals surface area contributed by atoms with Gasteiger partial charge in [-0.2, -0.15) is 0 Å². The molecule has 0 bridgehead atoms. The van der Waals surface area contributed by atoms with Gasteiger partial charge in [-0.3, -0.25) is 9.59 Å². The van der Waals surface area contributed by atoms with Crippen molar-refractivity contribution in [1.29, 1.82) is 0 Å². The molecule has 0 aromatic heterocycles. The van der Waals surface area contributed by atoms with Gasteiger partial charge in [-0.1, -0.05) is 6.92 Å². The van der Waals surface area contributed by atoms with E-state index in [1.807, 2.05) is 6.92 Å². The van der Waals surface area contributed by atoms with Crippen LogP contribution < -0.4 is 0 Å². The number of rotatable bonds is 6. The minimum Gasteiger partial charge on any atom is -0.466 e. The molecule has 4 heteroatoms. The molecule has 18 heavy (non-hydrogen) atoms. The van der Waals surface area contributed by atoms with E-state index in [0.29, 0.717) is 12.2 Å². The quantitative estimate of drug-likeness (QED) is 0.577. The molecule has 0 aliphatic rings. The van der Waals surface area contributed by atoms with Crippen molar-refractivity contribution in [2.45, 2.75) is 26.7 Å². The standard InChI is InChI=1S/C14H17FO3/c1-3-18-14(17)9-10(2)8-13(16)11-4-6-12(15)7-5-11/h4-7,10H,3,8-9H2,1-2H3/t10-/m0/s1. The number of hydrogen-bond acceptors (Lipinski definition) is 3. The summed E-state index contributed by atoms with van der Waals surface area (Å²) in [5.74, 6) is -0.837. The fourth-order valence-electron chi connectivity index (χ4n) is 1.65. The van der Waals surface area contributed by atoms with Crippen molar-refractivity contribution in [1.82, 2.24) is 0 Å². The van der Waals surface area contributed by atoms with E-state index in [9.17, 15) is 14.0 Å². The molecule has 1 aromatic carbocycles. The van der Waals surface area contributed by atoms with E-state index in [4.69, 9.17) is 4.74 Å². The first kappa shape index (κ1) is 14.4. The Balaban J connectivity index is 2.49. The van der Waals surface area contributed by atoms with Crippen LogP contribution in [-0.2, 0) is 9.53 Å². The van der Waals surface area contributed by atoms with Crippen molar-refractivity contribution in [3.8, 4) is 0 Å². The molecular formula is C14H17FO3. The third kappa shape index (κ3) is 4.65. The van der Waals surface area contributed by atoms with Gasteiger partial charge in [0.2, 0.25) is 0 Å². The number of halogens is 1. The van der Waals surface area contributed by atoms with Crippen molar-refractivity contribution in [3.63, 3.8) is 0 Å². The van der Waals surface area contributed by atoms with E-state index in [2.05, 4.69) is 0 Å². The molecule has 0 spiro atoms. The largest absolute Gasteiger partial charge is 0.466 e. The van der Waals surface area contributed by atoms with Crippen molar-refractivity contribution in [2.75, 3.05) is 6.61 Å². The number of carbonyl (C=O) groups excluding carboxylic acids is 2. The first-order chi connectivity index (χ1) is 8.52. The number of ether oxygens (including phenoxy) is 1. The molecule has 98 valence electrons. The van der Waals surface area contributed by atoms with Crippen molar-refractivity contribution in [2.24, 2.45) is 5.92 Å². The number of Topliss-reactive ketones (excluding diaryl/α,β-unsaturated/α-hetero) is 1. The van der Waals surface area contributed by atoms with Gasteiger partial charge >= 0.3 is 5.97 Å². The molecule has 0 amide bonds. The molecular weight excluding hydrogens is 235 g/mol. The van der Waals surface area contributed by atoms with Gasteiger partial charge in [-0.05, 0) is 37.1 Å². The Morgan fingerprint density at radius 2 is 1.83 bits per heavy atom. The number of hydrogen-bond donors (Lipinski definition) is 0. The number of ketones is 1. The fraction of sp³-hybridized carbons (Fsp3) is 0.429. The lowest BCUT2D eigenvalue weighted by molar-refractivity contribution is -0.144. The normalized spacial score (nSPS) is 11.9. The third-order valence-electron chi connectivity index (χ3n) is 2.52. The van der Waals surface area contributed by atoms with Gasteiger partial charge in [0.05, 0.1) is 6.61 Å². The molecule has 0 fully saturated rings. The third-order valence-corrected chi connectivity index (χ3v) is 2.52. The molecule has 0 aliphatic carbocycles. The molecule has 0 saturated carbocycles. The Kier molecular flexibility index (Phi) is 5.49. The van der Waals surface area contributed by atoms with E-state index >= 15 is 0 Å². The molecule has 0 unspecified atom stereocenters. The van der Waals surface area contributed by atoms with Gasteiger partial charge in [0, 0.05) is 18.4 Å². The van der Waals surface area contributed by atoms with E-state index < -0.39 is 0 Å². The average Bonchev–Trinajstić information content (AvgIpc) is 2.29. The van der Waals surface area contributed by atoms with Crippen LogP contribution >= 0.6 is 0 Å². The fourth-order valence-corrected chi connectivity index (χ4v) is 1.65. The average molecular weight is 252 g/mol. The molecule has 3 nitrogen and oxygen atoms in total. The zero-order valence-corrected chi connectivity index (χ0v) is 10.6. The van der Waals surface area contributed by atoms with Crippen molar-refractivity contribution >= 4 is 11.8 Å². The maximum Gasteiger partial charge on any atom is 0.306 e. The molecule has 0 saturated heterocycles. The summed E-state index contributed by atoms with van der Waals surface area (Å²) in [7, 11) is 0. The lowest BCUT2D eigenvalue weighted by Gasteiger charge is -2.09. The van der Waals surface area contributed by atoms with Crippen LogP contribution in [0.4, 0.5) is 4.39 Å². The molecule has 1 rings (SSSR count). The van der Waals surface area contributed by atoms with Crippen LogP contribution in [0, 0.1) is 11.7 Å². The van der Waals surface area contributed by atoms with Crippen LogP contribution in [0.3, 0.4) is 0 Å². The molecule has 0 radical (unpaired) electrons. The maximum absolute atomic E-state index is 12.7. The van der Waals surface area contributed by atoms with Crippen LogP contribution in [0.5, 0.6) is 0 Å². The predicted molar refractivity (Wildman–Crippen MR) is 65.8 cm³/mol. The van der Waals surface area contributed by atoms with Crippen LogP contribution in [0.15, 0.2) is 24.3 Å². The molecule has 0 N–H and O–H groups in total. The van der Waals surface area contributed by atoms with E-state index in [1.165, 1.54) is 24.3 Å². The summed E-state index contributed by atoms with van der Waals surface area (Å²) < 4.78 is 17.5. The van der Waals surface area contributed by atoms with Crippen LogP contribution in [0.25, 0.3) is 0 Å². The summed E-state index contributed by atoms with van der Waals surface area (Å²) in [4.78, 5) is 23.1. The van der Waals surface area contributed by atoms with Crippen LogP contribution in [0.2, 0.25) is 0 Å². The first-order valence-corrected chi connectivity index (χ1v) is 5.97.